The van der Waals surface area contributed by atoms with Crippen LogP contribution in [-0.4, -0.2) is 23.4 Å². The molecule has 8 nitrogen and oxygen atoms in total. The van der Waals surface area contributed by atoms with Gasteiger partial charge < -0.3 is 10.5 Å². The van der Waals surface area contributed by atoms with Crippen LogP contribution in [0.3, 0.4) is 0 Å². The second-order valence-corrected chi connectivity index (χ2v) is 8.81. The predicted octanol–water partition coefficient (Wildman–Crippen LogP) is 4.16. The van der Waals surface area contributed by atoms with Gasteiger partial charge in [-0.25, -0.2) is 23.4 Å². The third-order valence-corrected chi connectivity index (χ3v) is 5.84. The number of aryl methyl sites for hydroxylation is 1. The molecule has 0 atom stereocenters. The highest BCUT2D eigenvalue weighted by Gasteiger charge is 2.15. The number of anilines is 2. The number of nitrogens with one attached hydrogen (secondary N) is 1. The number of aromatic nitrogens is 3. The SMILES string of the molecule is Cc1cc(NS(=O)(=O)Cc2ccccc2)ccc1Oc1ncccc1-c1ccnc(N)n1. The quantitative estimate of drug-likeness (QED) is 0.436. The number of pyridine rings is 1. The summed E-state index contributed by atoms with van der Waals surface area (Å²) in [5.41, 5.74) is 8.85. The number of hydrogen-bond donors (Lipinski definition) is 2. The minimum atomic E-state index is -3.55. The summed E-state index contributed by atoms with van der Waals surface area (Å²) >= 11 is 0. The molecule has 0 radical (unpaired) electrons. The van der Waals surface area contributed by atoms with Gasteiger partial charge in [0.15, 0.2) is 0 Å². The fraction of sp³-hybridized carbons (Fsp3) is 0.0870. The summed E-state index contributed by atoms with van der Waals surface area (Å²) in [4.78, 5) is 12.4. The van der Waals surface area contributed by atoms with Gasteiger partial charge in [0.05, 0.1) is 17.0 Å². The van der Waals surface area contributed by atoms with E-state index in [1.807, 2.05) is 31.2 Å². The molecule has 0 amide bonds. The maximum atomic E-state index is 12.5. The molecular weight excluding hydrogens is 426 g/mol. The minimum Gasteiger partial charge on any atom is -0.438 e. The van der Waals surface area contributed by atoms with Crippen molar-refractivity contribution in [2.24, 2.45) is 0 Å². The van der Waals surface area contributed by atoms with Crippen molar-refractivity contribution in [3.8, 4) is 22.9 Å². The highest BCUT2D eigenvalue weighted by molar-refractivity contribution is 7.91. The molecule has 2 heterocycles. The van der Waals surface area contributed by atoms with Crippen molar-refractivity contribution in [2.75, 3.05) is 10.5 Å². The number of sulfonamides is 1. The van der Waals surface area contributed by atoms with Gasteiger partial charge in [-0.15, -0.1) is 0 Å². The van der Waals surface area contributed by atoms with Gasteiger partial charge in [-0.3, -0.25) is 4.72 Å². The van der Waals surface area contributed by atoms with Crippen molar-refractivity contribution in [2.45, 2.75) is 12.7 Å². The second kappa shape index (κ2) is 9.03. The van der Waals surface area contributed by atoms with Crippen molar-refractivity contribution in [3.63, 3.8) is 0 Å². The zero-order valence-electron chi connectivity index (χ0n) is 17.3. The molecule has 0 fully saturated rings. The lowest BCUT2D eigenvalue weighted by Gasteiger charge is -2.13. The van der Waals surface area contributed by atoms with Gasteiger partial charge in [0.2, 0.25) is 21.9 Å². The van der Waals surface area contributed by atoms with Gasteiger partial charge in [-0.2, -0.15) is 0 Å². The van der Waals surface area contributed by atoms with Crippen LogP contribution in [0, 0.1) is 6.92 Å². The minimum absolute atomic E-state index is 0.107. The van der Waals surface area contributed by atoms with Gasteiger partial charge in [0, 0.05) is 18.1 Å². The second-order valence-electron chi connectivity index (χ2n) is 7.09. The van der Waals surface area contributed by atoms with E-state index in [2.05, 4.69) is 19.7 Å². The van der Waals surface area contributed by atoms with E-state index in [-0.39, 0.29) is 11.7 Å². The number of rotatable bonds is 7. The molecule has 0 aliphatic heterocycles. The van der Waals surface area contributed by atoms with E-state index >= 15 is 0 Å². The summed E-state index contributed by atoms with van der Waals surface area (Å²) in [6, 6.07) is 19.4. The third kappa shape index (κ3) is 5.19. The molecule has 0 aliphatic carbocycles. The molecule has 0 aliphatic rings. The molecule has 32 heavy (non-hydrogen) atoms. The summed E-state index contributed by atoms with van der Waals surface area (Å²) in [6.07, 6.45) is 3.18. The lowest BCUT2D eigenvalue weighted by atomic mass is 10.2. The third-order valence-electron chi connectivity index (χ3n) is 4.58. The zero-order valence-corrected chi connectivity index (χ0v) is 18.1. The van der Waals surface area contributed by atoms with E-state index < -0.39 is 10.0 Å². The summed E-state index contributed by atoms with van der Waals surface area (Å²) in [5.74, 6) is 0.939. The normalized spacial score (nSPS) is 11.2. The Bertz CT molecular complexity index is 1340. The van der Waals surface area contributed by atoms with Gasteiger partial charge >= 0.3 is 0 Å². The first-order valence-corrected chi connectivity index (χ1v) is 11.4. The van der Waals surface area contributed by atoms with Crippen LogP contribution in [0.25, 0.3) is 11.3 Å². The number of ether oxygens (including phenoxy) is 1. The average Bonchev–Trinajstić information content (AvgIpc) is 2.76. The Morgan fingerprint density at radius 1 is 0.969 bits per heavy atom. The van der Waals surface area contributed by atoms with Crippen molar-refractivity contribution in [1.29, 1.82) is 0 Å². The first-order valence-electron chi connectivity index (χ1n) is 9.76. The first-order chi connectivity index (χ1) is 15.4. The predicted molar refractivity (Wildman–Crippen MR) is 124 cm³/mol. The van der Waals surface area contributed by atoms with Gasteiger partial charge in [0.25, 0.3) is 0 Å². The average molecular weight is 448 g/mol. The van der Waals surface area contributed by atoms with E-state index in [9.17, 15) is 8.42 Å². The molecule has 162 valence electrons. The molecule has 0 saturated heterocycles. The molecule has 2 aromatic heterocycles. The highest BCUT2D eigenvalue weighted by atomic mass is 32.2. The van der Waals surface area contributed by atoms with Gasteiger partial charge in [-0.05, 0) is 54.4 Å². The molecule has 0 saturated carbocycles. The summed E-state index contributed by atoms with van der Waals surface area (Å²) in [7, 11) is -3.55. The Hall–Kier alpha value is -3.98. The molecule has 0 spiro atoms. The van der Waals surface area contributed by atoms with Crippen molar-refractivity contribution >= 4 is 21.7 Å². The Balaban J connectivity index is 1.54. The maximum Gasteiger partial charge on any atom is 0.236 e. The van der Waals surface area contributed by atoms with Crippen molar-refractivity contribution in [3.05, 3.63) is 90.3 Å². The lowest BCUT2D eigenvalue weighted by molar-refractivity contribution is 0.461. The summed E-state index contributed by atoms with van der Waals surface area (Å²) < 4.78 is 33.7. The van der Waals surface area contributed by atoms with Gasteiger partial charge in [0.1, 0.15) is 5.75 Å². The standard InChI is InChI=1S/C23H21N5O3S/c1-16-14-18(28-32(29,30)15-17-6-3-2-4-7-17)9-10-21(16)31-22-19(8-5-12-25-22)20-11-13-26-23(24)27-20/h2-14,28H,15H2,1H3,(H2,24,26,27). The highest BCUT2D eigenvalue weighted by Crippen LogP contribution is 2.32. The van der Waals surface area contributed by atoms with E-state index in [0.29, 0.717) is 34.1 Å². The topological polar surface area (TPSA) is 120 Å². The van der Waals surface area contributed by atoms with Crippen LogP contribution >= 0.6 is 0 Å². The summed E-state index contributed by atoms with van der Waals surface area (Å²) in [5, 5.41) is 0. The Morgan fingerprint density at radius 3 is 2.53 bits per heavy atom. The number of nitrogens with zero attached hydrogens (tertiary/aromatic N) is 3. The maximum absolute atomic E-state index is 12.5. The number of benzene rings is 2. The molecule has 0 unspecified atom stereocenters. The van der Waals surface area contributed by atoms with Crippen LogP contribution in [0.2, 0.25) is 0 Å². The van der Waals surface area contributed by atoms with E-state index in [1.54, 1.807) is 54.9 Å². The Morgan fingerprint density at radius 2 is 1.78 bits per heavy atom. The van der Waals surface area contributed by atoms with E-state index in [1.165, 1.54) is 0 Å². The molecule has 4 aromatic rings. The fourth-order valence-corrected chi connectivity index (χ4v) is 4.32. The molecule has 2 aromatic carbocycles. The Kier molecular flexibility index (Phi) is 6.00. The monoisotopic (exact) mass is 447 g/mol. The molecule has 4 rings (SSSR count). The molecule has 3 N–H and O–H groups in total. The summed E-state index contributed by atoms with van der Waals surface area (Å²) in [6.45, 7) is 1.83. The van der Waals surface area contributed by atoms with E-state index in [4.69, 9.17) is 10.5 Å². The smallest absolute Gasteiger partial charge is 0.236 e. The van der Waals surface area contributed by atoms with Crippen molar-refractivity contribution < 1.29 is 13.2 Å². The van der Waals surface area contributed by atoms with Crippen LogP contribution in [0.15, 0.2) is 79.1 Å². The van der Waals surface area contributed by atoms with Crippen LogP contribution in [0.5, 0.6) is 11.6 Å². The van der Waals surface area contributed by atoms with Crippen molar-refractivity contribution in [1.82, 2.24) is 15.0 Å². The van der Waals surface area contributed by atoms with Crippen LogP contribution in [0.4, 0.5) is 11.6 Å². The van der Waals surface area contributed by atoms with Crippen LogP contribution < -0.4 is 15.2 Å². The van der Waals surface area contributed by atoms with Crippen LogP contribution in [0.1, 0.15) is 11.1 Å². The molecular formula is C23H21N5O3S. The number of nitrogens with two attached hydrogens (primary N) is 1. The Labute approximate surface area is 186 Å². The van der Waals surface area contributed by atoms with E-state index in [0.717, 1.165) is 5.56 Å². The number of hydrogen-bond acceptors (Lipinski definition) is 7. The lowest BCUT2D eigenvalue weighted by Crippen LogP contribution is -2.15. The molecule has 9 heteroatoms. The molecule has 0 bridgehead atoms. The largest absolute Gasteiger partial charge is 0.438 e. The first kappa shape index (κ1) is 21.3. The van der Waals surface area contributed by atoms with Crippen LogP contribution in [-0.2, 0) is 15.8 Å². The fourth-order valence-electron chi connectivity index (χ4n) is 3.13. The van der Waals surface area contributed by atoms with Gasteiger partial charge in [-0.1, -0.05) is 30.3 Å². The number of nitrogen functional groups attached to an aromatic ring is 1. The zero-order chi connectivity index (χ0) is 22.6.